The van der Waals surface area contributed by atoms with Gasteiger partial charge in [0.05, 0.1) is 6.10 Å². The SMILES string of the molecule is CC(=O)Nc1c(F)cc(-c2cccc(-c3cccc(N4CCNCC4)c3)c2O)cc1OC1CC1. The molecular weight excluding hydrogens is 433 g/mol. The highest BCUT2D eigenvalue weighted by atomic mass is 19.1. The van der Waals surface area contributed by atoms with Gasteiger partial charge < -0.3 is 25.4 Å². The van der Waals surface area contributed by atoms with Crippen molar-refractivity contribution in [2.24, 2.45) is 0 Å². The van der Waals surface area contributed by atoms with Crippen molar-refractivity contribution in [3.8, 4) is 33.8 Å². The second-order valence-electron chi connectivity index (χ2n) is 8.82. The van der Waals surface area contributed by atoms with Crippen LogP contribution in [0.15, 0.2) is 54.6 Å². The number of amides is 1. The van der Waals surface area contributed by atoms with E-state index in [1.54, 1.807) is 12.1 Å². The fourth-order valence-corrected chi connectivity index (χ4v) is 4.30. The van der Waals surface area contributed by atoms with Crippen LogP contribution in [0.3, 0.4) is 0 Å². The molecule has 2 aliphatic rings. The minimum atomic E-state index is -0.603. The molecular formula is C27H28FN3O3. The van der Waals surface area contributed by atoms with Crippen LogP contribution in [0.2, 0.25) is 0 Å². The molecule has 0 atom stereocenters. The quantitative estimate of drug-likeness (QED) is 0.493. The van der Waals surface area contributed by atoms with E-state index in [0.717, 1.165) is 50.3 Å². The summed E-state index contributed by atoms with van der Waals surface area (Å²) in [6, 6.07) is 16.6. The lowest BCUT2D eigenvalue weighted by atomic mass is 9.96. The van der Waals surface area contributed by atoms with Crippen LogP contribution in [-0.4, -0.2) is 43.3 Å². The van der Waals surface area contributed by atoms with Gasteiger partial charge in [0.1, 0.15) is 17.2 Å². The average molecular weight is 462 g/mol. The van der Waals surface area contributed by atoms with Crippen LogP contribution in [0.1, 0.15) is 19.8 Å². The Bertz CT molecular complexity index is 1220. The standard InChI is InChI=1S/C27H28FN3O3/c1-17(32)30-26-24(28)15-19(16-25(26)34-21-8-9-21)23-7-3-6-22(27(23)33)18-4-2-5-20(14-18)31-12-10-29-11-13-31/h2-7,14-16,21,29,33H,8-13H2,1H3,(H,30,32). The van der Waals surface area contributed by atoms with Crippen molar-refractivity contribution < 1.29 is 19.0 Å². The number of hydrogen-bond acceptors (Lipinski definition) is 5. The highest BCUT2D eigenvalue weighted by Crippen LogP contribution is 2.43. The number of halogens is 1. The molecule has 6 nitrogen and oxygen atoms in total. The molecule has 3 N–H and O–H groups in total. The van der Waals surface area contributed by atoms with Crippen LogP contribution in [0, 0.1) is 5.82 Å². The number of phenols is 1. The Morgan fingerprint density at radius 1 is 1.06 bits per heavy atom. The summed E-state index contributed by atoms with van der Waals surface area (Å²) in [4.78, 5) is 13.9. The summed E-state index contributed by atoms with van der Waals surface area (Å²) in [5.41, 5.74) is 3.68. The fourth-order valence-electron chi connectivity index (χ4n) is 4.30. The number of para-hydroxylation sites is 1. The zero-order chi connectivity index (χ0) is 23.7. The van der Waals surface area contributed by atoms with Gasteiger partial charge in [-0.1, -0.05) is 30.3 Å². The number of nitrogens with one attached hydrogen (secondary N) is 2. The predicted molar refractivity (Wildman–Crippen MR) is 132 cm³/mol. The van der Waals surface area contributed by atoms with Gasteiger partial charge in [-0.05, 0) is 48.2 Å². The van der Waals surface area contributed by atoms with E-state index in [4.69, 9.17) is 4.74 Å². The minimum absolute atomic E-state index is 0.0230. The molecule has 3 aromatic rings. The molecule has 176 valence electrons. The van der Waals surface area contributed by atoms with E-state index in [1.165, 1.54) is 13.0 Å². The topological polar surface area (TPSA) is 73.8 Å². The Morgan fingerprint density at radius 2 is 1.76 bits per heavy atom. The largest absolute Gasteiger partial charge is 0.507 e. The molecule has 1 saturated heterocycles. The molecule has 1 aliphatic heterocycles. The van der Waals surface area contributed by atoms with Crippen LogP contribution in [0.5, 0.6) is 11.5 Å². The van der Waals surface area contributed by atoms with E-state index < -0.39 is 5.82 Å². The van der Waals surface area contributed by atoms with Gasteiger partial charge in [-0.15, -0.1) is 0 Å². The van der Waals surface area contributed by atoms with Gasteiger partial charge in [0.15, 0.2) is 5.82 Å². The molecule has 5 rings (SSSR count). The van der Waals surface area contributed by atoms with Gasteiger partial charge in [0.25, 0.3) is 0 Å². The lowest BCUT2D eigenvalue weighted by Gasteiger charge is -2.29. The summed E-state index contributed by atoms with van der Waals surface area (Å²) in [5.74, 6) is -0.627. The Kier molecular flexibility index (Phi) is 6.11. The van der Waals surface area contributed by atoms with Crippen molar-refractivity contribution >= 4 is 17.3 Å². The maximum atomic E-state index is 15.1. The predicted octanol–water partition coefficient (Wildman–Crippen LogP) is 4.77. The normalized spacial score (nSPS) is 15.8. The Balaban J connectivity index is 1.53. The van der Waals surface area contributed by atoms with Crippen LogP contribution >= 0.6 is 0 Å². The Labute approximate surface area is 198 Å². The first kappa shape index (κ1) is 22.2. The smallest absolute Gasteiger partial charge is 0.221 e. The van der Waals surface area contributed by atoms with Gasteiger partial charge in [0.2, 0.25) is 5.91 Å². The average Bonchev–Trinajstić information content (AvgIpc) is 3.66. The number of phenolic OH excluding ortho intramolecular Hbond substituents is 1. The summed E-state index contributed by atoms with van der Waals surface area (Å²) in [6.07, 6.45) is 1.82. The molecule has 0 unspecified atom stereocenters. The van der Waals surface area contributed by atoms with Gasteiger partial charge in [-0.2, -0.15) is 0 Å². The highest BCUT2D eigenvalue weighted by molar-refractivity contribution is 5.92. The zero-order valence-corrected chi connectivity index (χ0v) is 19.1. The number of ether oxygens (including phenoxy) is 1. The van der Waals surface area contributed by atoms with Crippen LogP contribution in [-0.2, 0) is 4.79 Å². The summed E-state index contributed by atoms with van der Waals surface area (Å²) in [7, 11) is 0. The number of rotatable bonds is 6. The van der Waals surface area contributed by atoms with Crippen LogP contribution in [0.25, 0.3) is 22.3 Å². The van der Waals surface area contributed by atoms with Gasteiger partial charge in [-0.3, -0.25) is 4.79 Å². The maximum Gasteiger partial charge on any atom is 0.221 e. The summed E-state index contributed by atoms with van der Waals surface area (Å²) < 4.78 is 20.9. The molecule has 1 amide bonds. The molecule has 1 heterocycles. The van der Waals surface area contributed by atoms with E-state index in [9.17, 15) is 9.90 Å². The summed E-state index contributed by atoms with van der Waals surface area (Å²) >= 11 is 0. The molecule has 0 aromatic heterocycles. The van der Waals surface area contributed by atoms with Gasteiger partial charge in [0, 0.05) is 49.9 Å². The monoisotopic (exact) mass is 461 g/mol. The number of piperazine rings is 1. The third kappa shape index (κ3) is 4.70. The number of carbonyl (C=O) groups excluding carboxylic acids is 1. The molecule has 0 bridgehead atoms. The Hall–Kier alpha value is -3.58. The van der Waals surface area contributed by atoms with Crippen molar-refractivity contribution in [2.45, 2.75) is 25.9 Å². The van der Waals surface area contributed by atoms with E-state index in [-0.39, 0.29) is 29.2 Å². The van der Waals surface area contributed by atoms with Gasteiger partial charge in [-0.25, -0.2) is 4.39 Å². The molecule has 1 aliphatic carbocycles. The first-order valence-electron chi connectivity index (χ1n) is 11.7. The van der Waals surface area contributed by atoms with E-state index >= 15 is 4.39 Å². The third-order valence-corrected chi connectivity index (χ3v) is 6.16. The lowest BCUT2D eigenvalue weighted by Crippen LogP contribution is -2.43. The molecule has 34 heavy (non-hydrogen) atoms. The number of carbonyl (C=O) groups is 1. The van der Waals surface area contributed by atoms with Crippen molar-refractivity contribution in [2.75, 3.05) is 36.4 Å². The van der Waals surface area contributed by atoms with E-state index in [2.05, 4.69) is 27.7 Å². The van der Waals surface area contributed by atoms with Crippen LogP contribution < -0.4 is 20.3 Å². The molecule has 1 saturated carbocycles. The maximum absolute atomic E-state index is 15.1. The third-order valence-electron chi connectivity index (χ3n) is 6.16. The fraction of sp³-hybridized carbons (Fsp3) is 0.296. The molecule has 3 aromatic carbocycles. The number of anilines is 2. The first-order chi connectivity index (χ1) is 16.5. The first-order valence-corrected chi connectivity index (χ1v) is 11.7. The van der Waals surface area contributed by atoms with Crippen molar-refractivity contribution in [3.05, 3.63) is 60.4 Å². The summed E-state index contributed by atoms with van der Waals surface area (Å²) in [5, 5.41) is 17.1. The lowest BCUT2D eigenvalue weighted by molar-refractivity contribution is -0.114. The second kappa shape index (κ2) is 9.35. The Morgan fingerprint density at radius 3 is 2.47 bits per heavy atom. The minimum Gasteiger partial charge on any atom is -0.507 e. The number of hydrogen-bond donors (Lipinski definition) is 3. The van der Waals surface area contributed by atoms with Gasteiger partial charge >= 0.3 is 0 Å². The van der Waals surface area contributed by atoms with E-state index in [0.29, 0.717) is 16.7 Å². The van der Waals surface area contributed by atoms with Crippen LogP contribution in [0.4, 0.5) is 15.8 Å². The highest BCUT2D eigenvalue weighted by Gasteiger charge is 2.27. The second-order valence-corrected chi connectivity index (χ2v) is 8.82. The molecule has 2 fully saturated rings. The zero-order valence-electron chi connectivity index (χ0n) is 19.1. The molecule has 0 spiro atoms. The van der Waals surface area contributed by atoms with Crippen molar-refractivity contribution in [3.63, 3.8) is 0 Å². The van der Waals surface area contributed by atoms with E-state index in [1.807, 2.05) is 24.3 Å². The van der Waals surface area contributed by atoms with Crippen molar-refractivity contribution in [1.82, 2.24) is 5.32 Å². The number of aromatic hydroxyl groups is 1. The van der Waals surface area contributed by atoms with Crippen molar-refractivity contribution in [1.29, 1.82) is 0 Å². The number of nitrogens with zero attached hydrogens (tertiary/aromatic N) is 1. The summed E-state index contributed by atoms with van der Waals surface area (Å²) in [6.45, 7) is 5.07. The molecule has 7 heteroatoms. The molecule has 0 radical (unpaired) electrons. The number of benzene rings is 3.